The molecule has 5 nitrogen and oxygen atoms in total. The molecule has 0 amide bonds. The number of nitrogens with one attached hydrogen (secondary N) is 2. The van der Waals surface area contributed by atoms with Gasteiger partial charge in [-0.05, 0) is 14.0 Å². The van der Waals surface area contributed by atoms with Crippen LogP contribution in [0.1, 0.15) is 6.92 Å². The van der Waals surface area contributed by atoms with Gasteiger partial charge in [-0.3, -0.25) is 9.89 Å². The average Bonchev–Trinajstić information content (AvgIpc) is 2.27. The van der Waals surface area contributed by atoms with Crippen LogP contribution in [-0.2, 0) is 4.74 Å². The van der Waals surface area contributed by atoms with Crippen LogP contribution in [0.3, 0.4) is 0 Å². The molecule has 0 unspecified atom stereocenters. The van der Waals surface area contributed by atoms with Crippen LogP contribution in [0.2, 0.25) is 0 Å². The number of aliphatic imine (C=N–C) groups is 1. The first-order valence-electron chi connectivity index (χ1n) is 6.15. The summed E-state index contributed by atoms with van der Waals surface area (Å²) in [4.78, 5) is 5.38. The highest BCUT2D eigenvalue weighted by atomic mass is 19.4. The Kier molecular flexibility index (Phi) is 9.32. The van der Waals surface area contributed by atoms with Crippen LogP contribution < -0.4 is 10.6 Å². The second-order valence-electron chi connectivity index (χ2n) is 4.03. The van der Waals surface area contributed by atoms with Gasteiger partial charge in [0.05, 0.1) is 19.7 Å². The van der Waals surface area contributed by atoms with Gasteiger partial charge in [0.15, 0.2) is 5.96 Å². The molecule has 0 saturated carbocycles. The van der Waals surface area contributed by atoms with E-state index in [9.17, 15) is 13.2 Å². The van der Waals surface area contributed by atoms with Crippen molar-refractivity contribution in [2.45, 2.75) is 13.1 Å². The summed E-state index contributed by atoms with van der Waals surface area (Å²) >= 11 is 0. The number of rotatable bonds is 8. The lowest BCUT2D eigenvalue weighted by atomic mass is 10.5. The minimum atomic E-state index is -4.17. The number of hydrogen-bond acceptors (Lipinski definition) is 3. The zero-order chi connectivity index (χ0) is 14.7. The highest BCUT2D eigenvalue weighted by molar-refractivity contribution is 5.79. The molecule has 0 radical (unpaired) electrons. The van der Waals surface area contributed by atoms with E-state index in [0.717, 1.165) is 0 Å². The van der Waals surface area contributed by atoms with E-state index in [1.807, 2.05) is 6.92 Å². The SMILES string of the molecule is CCNC(=NCCN(C)CC(F)(F)F)NCCOC. The predicted octanol–water partition coefficient (Wildman–Crippen LogP) is 0.682. The Balaban J connectivity index is 4.01. The predicted molar refractivity (Wildman–Crippen MR) is 69.4 cm³/mol. The van der Waals surface area contributed by atoms with Gasteiger partial charge in [-0.1, -0.05) is 0 Å². The zero-order valence-corrected chi connectivity index (χ0v) is 11.7. The van der Waals surface area contributed by atoms with Gasteiger partial charge in [0.1, 0.15) is 0 Å². The van der Waals surface area contributed by atoms with Crippen LogP contribution in [-0.4, -0.2) is 70.5 Å². The van der Waals surface area contributed by atoms with Gasteiger partial charge < -0.3 is 15.4 Å². The topological polar surface area (TPSA) is 48.9 Å². The van der Waals surface area contributed by atoms with Gasteiger partial charge in [-0.2, -0.15) is 13.2 Å². The molecular formula is C11H23F3N4O. The fraction of sp³-hybridized carbons (Fsp3) is 0.909. The lowest BCUT2D eigenvalue weighted by molar-refractivity contribution is -0.142. The molecule has 8 heteroatoms. The van der Waals surface area contributed by atoms with Gasteiger partial charge in [0.2, 0.25) is 0 Å². The highest BCUT2D eigenvalue weighted by Gasteiger charge is 2.28. The smallest absolute Gasteiger partial charge is 0.383 e. The van der Waals surface area contributed by atoms with Crippen molar-refractivity contribution in [3.63, 3.8) is 0 Å². The van der Waals surface area contributed by atoms with Crippen molar-refractivity contribution in [2.75, 3.05) is 53.5 Å². The third kappa shape index (κ3) is 11.8. The van der Waals surface area contributed by atoms with E-state index in [2.05, 4.69) is 15.6 Å². The molecule has 2 N–H and O–H groups in total. The van der Waals surface area contributed by atoms with Crippen molar-refractivity contribution in [2.24, 2.45) is 4.99 Å². The summed E-state index contributed by atoms with van der Waals surface area (Å²) in [6.07, 6.45) is -4.17. The molecule has 114 valence electrons. The van der Waals surface area contributed by atoms with Crippen molar-refractivity contribution in [1.29, 1.82) is 0 Å². The Morgan fingerprint density at radius 3 is 2.53 bits per heavy atom. The standard InChI is InChI=1S/C11H23F3N4O/c1-4-15-10(17-6-8-19-3)16-5-7-18(2)9-11(12,13)14/h4-9H2,1-3H3,(H2,15,16,17). The van der Waals surface area contributed by atoms with E-state index in [1.54, 1.807) is 7.11 Å². The van der Waals surface area contributed by atoms with Gasteiger partial charge in [0, 0.05) is 26.7 Å². The summed E-state index contributed by atoms with van der Waals surface area (Å²) in [6, 6.07) is 0. The lowest BCUT2D eigenvalue weighted by Crippen LogP contribution is -2.39. The summed E-state index contributed by atoms with van der Waals surface area (Å²) < 4.78 is 41.2. The van der Waals surface area contributed by atoms with Gasteiger partial charge >= 0.3 is 6.18 Å². The summed E-state index contributed by atoms with van der Waals surface area (Å²) in [7, 11) is 3.02. The van der Waals surface area contributed by atoms with Crippen molar-refractivity contribution in [3.8, 4) is 0 Å². The zero-order valence-electron chi connectivity index (χ0n) is 11.7. The molecule has 0 spiro atoms. The molecular weight excluding hydrogens is 261 g/mol. The molecule has 0 aliphatic carbocycles. The minimum Gasteiger partial charge on any atom is -0.383 e. The summed E-state index contributed by atoms with van der Waals surface area (Å²) in [5, 5.41) is 6.02. The first kappa shape index (κ1) is 18.0. The summed E-state index contributed by atoms with van der Waals surface area (Å²) in [6.45, 7) is 3.38. The van der Waals surface area contributed by atoms with E-state index in [0.29, 0.717) is 32.2 Å². The minimum absolute atomic E-state index is 0.250. The Labute approximate surface area is 112 Å². The molecule has 0 aliphatic rings. The maximum absolute atomic E-state index is 12.1. The molecule has 0 rings (SSSR count). The quantitative estimate of drug-likeness (QED) is 0.391. The Hall–Kier alpha value is -1.02. The fourth-order valence-electron chi connectivity index (χ4n) is 1.33. The monoisotopic (exact) mass is 284 g/mol. The molecule has 0 bridgehead atoms. The number of methoxy groups -OCH3 is 1. The van der Waals surface area contributed by atoms with E-state index in [4.69, 9.17) is 4.74 Å². The first-order valence-corrected chi connectivity index (χ1v) is 6.15. The Morgan fingerprint density at radius 2 is 2.00 bits per heavy atom. The normalized spacial score (nSPS) is 12.9. The van der Waals surface area contributed by atoms with E-state index in [-0.39, 0.29) is 6.54 Å². The molecule has 0 aromatic heterocycles. The van der Waals surface area contributed by atoms with Crippen LogP contribution in [0.4, 0.5) is 13.2 Å². The number of likely N-dealkylation sites (N-methyl/N-ethyl adjacent to an activating group) is 1. The molecule has 0 aromatic carbocycles. The number of halogens is 3. The van der Waals surface area contributed by atoms with Crippen molar-refractivity contribution in [1.82, 2.24) is 15.5 Å². The van der Waals surface area contributed by atoms with Crippen LogP contribution in [0, 0.1) is 0 Å². The molecule has 0 fully saturated rings. The van der Waals surface area contributed by atoms with E-state index >= 15 is 0 Å². The molecule has 0 aliphatic heterocycles. The number of hydrogen-bond donors (Lipinski definition) is 2. The number of alkyl halides is 3. The largest absolute Gasteiger partial charge is 0.401 e. The summed E-state index contributed by atoms with van der Waals surface area (Å²) in [5.74, 6) is 0.583. The highest BCUT2D eigenvalue weighted by Crippen LogP contribution is 2.15. The number of guanidine groups is 1. The van der Waals surface area contributed by atoms with Crippen LogP contribution in [0.25, 0.3) is 0 Å². The van der Waals surface area contributed by atoms with Crippen molar-refractivity contribution in [3.05, 3.63) is 0 Å². The van der Waals surface area contributed by atoms with Crippen molar-refractivity contribution >= 4 is 5.96 Å². The Bertz CT molecular complexity index is 259. The maximum atomic E-state index is 12.1. The molecule has 0 atom stereocenters. The molecule has 0 saturated heterocycles. The second kappa shape index (κ2) is 9.85. The fourth-order valence-corrected chi connectivity index (χ4v) is 1.33. The maximum Gasteiger partial charge on any atom is 0.401 e. The van der Waals surface area contributed by atoms with Gasteiger partial charge in [-0.25, -0.2) is 0 Å². The lowest BCUT2D eigenvalue weighted by Gasteiger charge is -2.17. The second-order valence-corrected chi connectivity index (χ2v) is 4.03. The third-order valence-electron chi connectivity index (χ3n) is 2.14. The molecule has 19 heavy (non-hydrogen) atoms. The first-order chi connectivity index (χ1) is 8.89. The van der Waals surface area contributed by atoms with Crippen LogP contribution in [0.15, 0.2) is 4.99 Å². The number of ether oxygens (including phenoxy) is 1. The summed E-state index contributed by atoms with van der Waals surface area (Å²) in [5.41, 5.74) is 0. The van der Waals surface area contributed by atoms with Crippen LogP contribution >= 0.6 is 0 Å². The number of nitrogens with zero attached hydrogens (tertiary/aromatic N) is 2. The van der Waals surface area contributed by atoms with E-state index in [1.165, 1.54) is 11.9 Å². The average molecular weight is 284 g/mol. The molecule has 0 aromatic rings. The molecule has 0 heterocycles. The Morgan fingerprint density at radius 1 is 1.32 bits per heavy atom. The van der Waals surface area contributed by atoms with Gasteiger partial charge in [0.25, 0.3) is 0 Å². The van der Waals surface area contributed by atoms with Crippen molar-refractivity contribution < 1.29 is 17.9 Å². The third-order valence-corrected chi connectivity index (χ3v) is 2.14. The van der Waals surface area contributed by atoms with Gasteiger partial charge in [-0.15, -0.1) is 0 Å². The van der Waals surface area contributed by atoms with Crippen LogP contribution in [0.5, 0.6) is 0 Å². The van der Waals surface area contributed by atoms with E-state index < -0.39 is 12.7 Å².